The Hall–Kier alpha value is -2.43. The van der Waals surface area contributed by atoms with Crippen LogP contribution in [-0.2, 0) is 13.0 Å². The van der Waals surface area contributed by atoms with Crippen LogP contribution in [0.1, 0.15) is 18.1 Å². The fourth-order valence-electron chi connectivity index (χ4n) is 2.14. The number of hydrogen-bond donors (Lipinski definition) is 2. The summed E-state index contributed by atoms with van der Waals surface area (Å²) in [5.41, 5.74) is 1.47. The van der Waals surface area contributed by atoms with Crippen molar-refractivity contribution in [2.24, 2.45) is 4.99 Å². The summed E-state index contributed by atoms with van der Waals surface area (Å²) in [5.74, 6) is -0.319. The molecular formula is C18H21F2N3. The molecule has 2 aromatic rings. The van der Waals surface area contributed by atoms with E-state index in [0.717, 1.165) is 18.6 Å². The highest BCUT2D eigenvalue weighted by Gasteiger charge is 2.04. The molecule has 0 fully saturated rings. The smallest absolute Gasteiger partial charge is 0.191 e. The van der Waals surface area contributed by atoms with Gasteiger partial charge in [-0.15, -0.1) is 0 Å². The number of nitrogens with zero attached hydrogens (tertiary/aromatic N) is 1. The summed E-state index contributed by atoms with van der Waals surface area (Å²) in [6, 6.07) is 13.5. The quantitative estimate of drug-likeness (QED) is 0.634. The highest BCUT2D eigenvalue weighted by atomic mass is 19.1. The van der Waals surface area contributed by atoms with Crippen LogP contribution in [0.4, 0.5) is 8.78 Å². The van der Waals surface area contributed by atoms with Crippen LogP contribution in [-0.4, -0.2) is 19.0 Å². The summed E-state index contributed by atoms with van der Waals surface area (Å²) in [4.78, 5) is 4.30. The van der Waals surface area contributed by atoms with Crippen LogP contribution in [0.25, 0.3) is 0 Å². The van der Waals surface area contributed by atoms with Crippen molar-refractivity contribution < 1.29 is 8.78 Å². The molecule has 2 aromatic carbocycles. The lowest BCUT2D eigenvalue weighted by atomic mass is 10.1. The van der Waals surface area contributed by atoms with E-state index >= 15 is 0 Å². The average molecular weight is 317 g/mol. The van der Waals surface area contributed by atoms with E-state index < -0.39 is 11.6 Å². The van der Waals surface area contributed by atoms with Gasteiger partial charge in [-0.1, -0.05) is 30.3 Å². The van der Waals surface area contributed by atoms with E-state index in [1.165, 1.54) is 11.6 Å². The van der Waals surface area contributed by atoms with Gasteiger partial charge in [0.15, 0.2) is 5.96 Å². The van der Waals surface area contributed by atoms with Gasteiger partial charge in [-0.2, -0.15) is 0 Å². The molecule has 3 nitrogen and oxygen atoms in total. The van der Waals surface area contributed by atoms with Crippen molar-refractivity contribution in [3.63, 3.8) is 0 Å². The van der Waals surface area contributed by atoms with Crippen molar-refractivity contribution in [1.82, 2.24) is 10.6 Å². The second kappa shape index (κ2) is 8.88. The fourth-order valence-corrected chi connectivity index (χ4v) is 2.14. The molecule has 0 spiro atoms. The molecule has 0 saturated heterocycles. The first-order valence-corrected chi connectivity index (χ1v) is 7.69. The van der Waals surface area contributed by atoms with Crippen LogP contribution in [0.5, 0.6) is 0 Å². The molecular weight excluding hydrogens is 296 g/mol. The second-order valence-corrected chi connectivity index (χ2v) is 5.09. The molecule has 0 heterocycles. The van der Waals surface area contributed by atoms with E-state index in [4.69, 9.17) is 0 Å². The SMILES string of the molecule is CCNC(=NCc1cc(F)ccc1F)NCCc1ccccc1. The Morgan fingerprint density at radius 2 is 1.83 bits per heavy atom. The zero-order valence-corrected chi connectivity index (χ0v) is 13.2. The Kier molecular flexibility index (Phi) is 6.54. The van der Waals surface area contributed by atoms with Gasteiger partial charge < -0.3 is 10.6 Å². The molecule has 0 saturated carbocycles. The van der Waals surface area contributed by atoms with Crippen molar-refractivity contribution >= 4 is 5.96 Å². The molecule has 0 aromatic heterocycles. The molecule has 0 aliphatic heterocycles. The third-order valence-corrected chi connectivity index (χ3v) is 3.31. The number of aliphatic imine (C=N–C) groups is 1. The Morgan fingerprint density at radius 3 is 2.57 bits per heavy atom. The predicted molar refractivity (Wildman–Crippen MR) is 89.3 cm³/mol. The largest absolute Gasteiger partial charge is 0.357 e. The first kappa shape index (κ1) is 16.9. The second-order valence-electron chi connectivity index (χ2n) is 5.09. The zero-order valence-electron chi connectivity index (χ0n) is 13.2. The van der Waals surface area contributed by atoms with E-state index in [0.29, 0.717) is 19.0 Å². The maximum absolute atomic E-state index is 13.6. The molecule has 2 N–H and O–H groups in total. The van der Waals surface area contributed by atoms with E-state index in [1.54, 1.807) is 0 Å². The number of benzene rings is 2. The average Bonchev–Trinajstić information content (AvgIpc) is 2.56. The standard InChI is InChI=1S/C18H21F2N3/c1-2-21-18(22-11-10-14-6-4-3-5-7-14)23-13-15-12-16(19)8-9-17(15)20/h3-9,12H,2,10-11,13H2,1H3,(H2,21,22,23). The molecule has 23 heavy (non-hydrogen) atoms. The first-order valence-electron chi connectivity index (χ1n) is 7.69. The predicted octanol–water partition coefficient (Wildman–Crippen LogP) is 3.26. The number of guanidine groups is 1. The Bertz CT molecular complexity index is 642. The van der Waals surface area contributed by atoms with E-state index in [9.17, 15) is 8.78 Å². The molecule has 5 heteroatoms. The summed E-state index contributed by atoms with van der Waals surface area (Å²) in [5, 5.41) is 6.29. The van der Waals surface area contributed by atoms with Gasteiger partial charge in [-0.05, 0) is 37.1 Å². The van der Waals surface area contributed by atoms with Crippen molar-refractivity contribution in [3.05, 3.63) is 71.3 Å². The lowest BCUT2D eigenvalue weighted by Gasteiger charge is -2.11. The highest BCUT2D eigenvalue weighted by Crippen LogP contribution is 2.10. The minimum Gasteiger partial charge on any atom is -0.357 e. The molecule has 0 aliphatic carbocycles. The normalized spacial score (nSPS) is 11.3. The van der Waals surface area contributed by atoms with Crippen molar-refractivity contribution in [2.75, 3.05) is 13.1 Å². The monoisotopic (exact) mass is 317 g/mol. The van der Waals surface area contributed by atoms with E-state index in [-0.39, 0.29) is 12.1 Å². The maximum atomic E-state index is 13.6. The molecule has 0 bridgehead atoms. The number of nitrogens with one attached hydrogen (secondary N) is 2. The van der Waals surface area contributed by atoms with Crippen LogP contribution in [0.2, 0.25) is 0 Å². The lowest BCUT2D eigenvalue weighted by molar-refractivity contribution is 0.585. The number of hydrogen-bond acceptors (Lipinski definition) is 1. The first-order chi connectivity index (χ1) is 11.2. The number of rotatable bonds is 6. The third kappa shape index (κ3) is 5.70. The summed E-state index contributed by atoms with van der Waals surface area (Å²) in [6.45, 7) is 3.45. The van der Waals surface area contributed by atoms with Crippen LogP contribution in [0, 0.1) is 11.6 Å². The Morgan fingerprint density at radius 1 is 1.04 bits per heavy atom. The third-order valence-electron chi connectivity index (χ3n) is 3.31. The van der Waals surface area contributed by atoms with Crippen LogP contribution in [0.3, 0.4) is 0 Å². The van der Waals surface area contributed by atoms with Gasteiger partial charge in [0, 0.05) is 18.7 Å². The van der Waals surface area contributed by atoms with Gasteiger partial charge in [-0.25, -0.2) is 13.8 Å². The van der Waals surface area contributed by atoms with Gasteiger partial charge in [0.05, 0.1) is 6.54 Å². The minimum atomic E-state index is -0.460. The summed E-state index contributed by atoms with van der Waals surface area (Å²) in [6.07, 6.45) is 0.861. The molecule has 0 radical (unpaired) electrons. The topological polar surface area (TPSA) is 36.4 Å². The zero-order chi connectivity index (χ0) is 16.5. The van der Waals surface area contributed by atoms with E-state index in [2.05, 4.69) is 27.8 Å². The van der Waals surface area contributed by atoms with Gasteiger partial charge in [-0.3, -0.25) is 0 Å². The molecule has 122 valence electrons. The minimum absolute atomic E-state index is 0.0876. The molecule has 0 amide bonds. The van der Waals surface area contributed by atoms with Crippen LogP contribution >= 0.6 is 0 Å². The van der Waals surface area contributed by atoms with Crippen molar-refractivity contribution in [1.29, 1.82) is 0 Å². The maximum Gasteiger partial charge on any atom is 0.191 e. The van der Waals surface area contributed by atoms with E-state index in [1.807, 2.05) is 25.1 Å². The molecule has 2 rings (SSSR count). The number of halogens is 2. The highest BCUT2D eigenvalue weighted by molar-refractivity contribution is 5.79. The summed E-state index contributed by atoms with van der Waals surface area (Å²) < 4.78 is 26.8. The Balaban J connectivity index is 1.93. The Labute approximate surface area is 135 Å². The molecule has 0 atom stereocenters. The van der Waals surface area contributed by atoms with Crippen LogP contribution < -0.4 is 10.6 Å². The van der Waals surface area contributed by atoms with Gasteiger partial charge in [0.25, 0.3) is 0 Å². The van der Waals surface area contributed by atoms with Gasteiger partial charge >= 0.3 is 0 Å². The molecule has 0 aliphatic rings. The van der Waals surface area contributed by atoms with Gasteiger partial charge in [0.1, 0.15) is 11.6 Å². The fraction of sp³-hybridized carbons (Fsp3) is 0.278. The van der Waals surface area contributed by atoms with Gasteiger partial charge in [0.2, 0.25) is 0 Å². The van der Waals surface area contributed by atoms with Crippen molar-refractivity contribution in [3.8, 4) is 0 Å². The van der Waals surface area contributed by atoms with Crippen LogP contribution in [0.15, 0.2) is 53.5 Å². The summed E-state index contributed by atoms with van der Waals surface area (Å²) >= 11 is 0. The lowest BCUT2D eigenvalue weighted by Crippen LogP contribution is -2.38. The summed E-state index contributed by atoms with van der Waals surface area (Å²) in [7, 11) is 0. The van der Waals surface area contributed by atoms with Crippen molar-refractivity contribution in [2.45, 2.75) is 19.9 Å². The molecule has 0 unspecified atom stereocenters.